The van der Waals surface area contributed by atoms with Crippen LogP contribution in [0.4, 0.5) is 36.3 Å². The maximum Gasteiger partial charge on any atom is 0.386 e. The molecule has 4 atom stereocenters. The van der Waals surface area contributed by atoms with Gasteiger partial charge in [0, 0.05) is 156 Å². The molecule has 20 rings (SSSR count). The third-order valence-electron chi connectivity index (χ3n) is 22.3. The molecule has 0 radical (unpaired) electrons. The zero-order chi connectivity index (χ0) is 90.7. The van der Waals surface area contributed by atoms with E-state index in [9.17, 15) is 65.6 Å². The number of fused-ring (bicyclic) bond motifs is 18. The lowest BCUT2D eigenvalue weighted by Gasteiger charge is -2.40. The Balaban J connectivity index is 0.000000171. The molecule has 4 unspecified atom stereocenters. The quantitative estimate of drug-likeness (QED) is 0.0528. The fourth-order valence-electron chi connectivity index (χ4n) is 16.9. The first-order valence-corrected chi connectivity index (χ1v) is 43.5. The van der Waals surface area contributed by atoms with Gasteiger partial charge in [-0.3, -0.25) is 28.8 Å². The summed E-state index contributed by atoms with van der Waals surface area (Å²) < 4.78 is 88.9. The molecule has 0 N–H and O–H groups in total. The first kappa shape index (κ1) is 87.6. The summed E-state index contributed by atoms with van der Waals surface area (Å²) in [5.41, 5.74) is 9.33. The Morgan fingerprint density at radius 2 is 0.619 bits per heavy atom. The zero-order valence-corrected chi connectivity index (χ0v) is 73.6. The highest BCUT2D eigenvalue weighted by molar-refractivity contribution is 7.18. The number of hydrogen-bond donors (Lipinski definition) is 0. The largest absolute Gasteiger partial charge is 0.483 e. The molecule has 0 bridgehead atoms. The van der Waals surface area contributed by atoms with E-state index in [1.807, 2.05) is 119 Å². The third-order valence-corrected chi connectivity index (χ3v) is 26.6. The third kappa shape index (κ3) is 15.8. The van der Waals surface area contributed by atoms with Crippen LogP contribution in [0, 0.1) is 59.5 Å². The van der Waals surface area contributed by atoms with Crippen LogP contribution >= 0.6 is 45.3 Å². The van der Waals surface area contributed by atoms with Gasteiger partial charge in [-0.25, -0.2) is 30.2 Å². The van der Waals surface area contributed by atoms with E-state index in [0.29, 0.717) is 54.5 Å². The SMILES string of the molecule is CC.CC.CC(F)(F)F.CC(F)(F)F.CC1(C)OC2=CC3C=C4C(=CC3C=C2c2sc(C=C3C(=O)c5ccccc5C3=O)cc21)OC(C)(C)c1cc(C=C2C(=O)c3ccccc3C2=O)sc14.[C-]#[N+]C(C#N)=C1C(=Nc2cc3c(s2)C2=CC4C=C5OC(C)(C)c6cc(N=C7C(=O)c8ccccc8/C7=C(/C#N)[N+]#[C-])sc6C5=CC4C=C2OC3(C)C)C(=O)c2ccccc21. The van der Waals surface area contributed by atoms with Crippen molar-refractivity contribution in [2.75, 3.05) is 0 Å². The molecule has 8 aromatic rings. The molecule has 4 aliphatic heterocycles. The topological polar surface area (TPSA) is 220 Å². The van der Waals surface area contributed by atoms with Gasteiger partial charge >= 0.3 is 12.4 Å². The van der Waals surface area contributed by atoms with Crippen LogP contribution in [0.1, 0.15) is 222 Å². The predicted molar refractivity (Wildman–Crippen MR) is 478 cm³/mol. The van der Waals surface area contributed by atoms with E-state index in [1.54, 1.807) is 132 Å². The molecule has 0 fully saturated rings. The second-order valence-corrected chi connectivity index (χ2v) is 36.5. The number of alkyl halides is 6. The van der Waals surface area contributed by atoms with E-state index in [1.165, 1.54) is 22.7 Å². The smallest absolute Gasteiger partial charge is 0.386 e. The van der Waals surface area contributed by atoms with Gasteiger partial charge in [0.2, 0.25) is 11.6 Å². The monoisotopic (exact) mass is 1760 g/mol. The number of allylic oxidation sites excluding steroid dienone is 18. The van der Waals surface area contributed by atoms with Gasteiger partial charge in [-0.1, -0.05) is 149 Å². The van der Waals surface area contributed by atoms with Crippen LogP contribution in [0.15, 0.2) is 225 Å². The zero-order valence-electron chi connectivity index (χ0n) is 70.3. The van der Waals surface area contributed by atoms with E-state index in [0.717, 1.165) is 96.8 Å². The lowest BCUT2D eigenvalue weighted by Crippen LogP contribution is -2.31. The van der Waals surface area contributed by atoms with Crippen molar-refractivity contribution in [2.24, 2.45) is 33.7 Å². The van der Waals surface area contributed by atoms with Crippen LogP contribution in [0.25, 0.3) is 55.3 Å². The standard InChI is InChI=1S/C48H28N6O4S2.C44H30O6S2.2C2H3F3.2C2H6/c1-47(2)31-19-37(53-41-39(33(21-49)51-5)25-11-7-9-13-27(25)43(41)55)59-45(31)29-15-24-18-36-30(16-23(24)17-35(29)57-47)46-32(48(3,4)58-36)20-38(60-46)54-42-40(34(22-50)52-6)26-12-8-10-14-28(26)44(42)56;1-43(2)33-19-23(17-31-37(45)25-9-5-6-10-26(25)38(31)46)51-41(33)29-13-22-16-36-30(14-21(22)15-35(29)49-43)42-34(44(3,4)50-36)20-24(52-42)18-32-39(47)27-11-7-8-12-28(27)40(32)48;2*1-2(3,4)5;2*1-2/h7-20,23-24H,1-4H3;5-22H,1-4H3;2*1H3;2*1-2H3/b39-33+,40-34?,53-41?,54-42?;;;;;. The highest BCUT2D eigenvalue weighted by atomic mass is 32.1. The summed E-state index contributed by atoms with van der Waals surface area (Å²) in [6, 6.07) is 39.7. The number of nitriles is 2. The maximum absolute atomic E-state index is 13.7. The summed E-state index contributed by atoms with van der Waals surface area (Å²) >= 11 is 6.01. The fourth-order valence-corrected chi connectivity index (χ4v) is 21.9. The molecule has 4 aromatic heterocycles. The average Bonchev–Trinajstić information content (AvgIpc) is 1.46. The van der Waals surface area contributed by atoms with Gasteiger partial charge in [-0.05, 0) is 127 Å². The Labute approximate surface area is 738 Å². The molecule has 8 aliphatic carbocycles. The van der Waals surface area contributed by atoms with E-state index in [4.69, 9.17) is 42.1 Å². The van der Waals surface area contributed by atoms with Crippen molar-refractivity contribution in [3.05, 3.63) is 334 Å². The number of carbonyl (C=O) groups is 6. The van der Waals surface area contributed by atoms with Crippen molar-refractivity contribution < 1.29 is 74.1 Å². The van der Waals surface area contributed by atoms with Crippen molar-refractivity contribution in [3.63, 3.8) is 0 Å². The maximum atomic E-state index is 13.7. The number of nitrogens with zero attached hydrogens (tertiary/aromatic N) is 6. The minimum Gasteiger partial charge on any atom is -0.483 e. The average molecular weight is 1760 g/mol. The number of benzene rings is 4. The van der Waals surface area contributed by atoms with Crippen LogP contribution in [0.3, 0.4) is 0 Å². The number of aliphatic imine (C=N–C) groups is 2. The molecule has 0 saturated heterocycles. The Bertz CT molecular complexity index is 6330. The van der Waals surface area contributed by atoms with Crippen LogP contribution in [-0.4, -0.2) is 58.5 Å². The number of halogens is 6. The molecular formula is C100H76F6N6O10S4. The fraction of sp³-hybridized carbons (Fsp3) is 0.240. The van der Waals surface area contributed by atoms with Gasteiger partial charge in [0.25, 0.3) is 11.4 Å². The molecule has 126 heavy (non-hydrogen) atoms. The van der Waals surface area contributed by atoms with Gasteiger partial charge in [-0.2, -0.15) is 26.3 Å². The Hall–Kier alpha value is -13.3. The van der Waals surface area contributed by atoms with Crippen molar-refractivity contribution in [3.8, 4) is 12.1 Å². The van der Waals surface area contributed by atoms with Crippen LogP contribution < -0.4 is 0 Å². The summed E-state index contributed by atoms with van der Waals surface area (Å²) in [6.07, 6.45) is 13.0. The Kier molecular flexibility index (Phi) is 22.7. The summed E-state index contributed by atoms with van der Waals surface area (Å²) in [5, 5.41) is 20.8. The lowest BCUT2D eigenvalue weighted by molar-refractivity contribution is -0.111. The highest BCUT2D eigenvalue weighted by Gasteiger charge is 2.48. The molecule has 0 amide bonds. The molecule has 0 spiro atoms. The number of rotatable bonds is 4. The van der Waals surface area contributed by atoms with E-state index in [2.05, 4.69) is 58.3 Å². The molecule has 8 heterocycles. The normalized spacial score (nSPS) is 21.7. The number of hydrogen-bond acceptors (Lipinski definition) is 18. The number of thiophene rings is 4. The van der Waals surface area contributed by atoms with E-state index in [-0.39, 0.29) is 117 Å². The molecular weight excluding hydrogens is 1690 g/mol. The van der Waals surface area contributed by atoms with E-state index < -0.39 is 34.8 Å². The second kappa shape index (κ2) is 32.6. The van der Waals surface area contributed by atoms with Gasteiger partial charge in [0.05, 0.1) is 36.4 Å². The van der Waals surface area contributed by atoms with Crippen molar-refractivity contribution >= 4 is 147 Å². The molecule has 12 aliphatic rings. The molecule has 632 valence electrons. The van der Waals surface area contributed by atoms with Gasteiger partial charge in [0.15, 0.2) is 23.1 Å². The number of carbonyl (C=O) groups excluding carboxylic acids is 6. The number of ketones is 6. The van der Waals surface area contributed by atoms with Crippen LogP contribution in [-0.2, 0) is 41.4 Å². The summed E-state index contributed by atoms with van der Waals surface area (Å²) in [5.74, 6) is 1.34. The molecule has 4 aromatic carbocycles. The predicted octanol–water partition coefficient (Wildman–Crippen LogP) is 26.0. The molecule has 16 nitrogen and oxygen atoms in total. The summed E-state index contributed by atoms with van der Waals surface area (Å²) in [6.45, 7) is 39.8. The first-order valence-electron chi connectivity index (χ1n) is 40.3. The minimum absolute atomic E-state index is 0.0118. The van der Waals surface area contributed by atoms with Gasteiger partial charge in [0.1, 0.15) is 66.9 Å². The number of ether oxygens (including phenoxy) is 4. The molecule has 0 saturated carbocycles. The molecule has 26 heteroatoms. The van der Waals surface area contributed by atoms with Gasteiger partial charge < -0.3 is 18.9 Å². The first-order chi connectivity index (χ1) is 59.7. The summed E-state index contributed by atoms with van der Waals surface area (Å²) in [4.78, 5) is 102. The van der Waals surface area contributed by atoms with E-state index >= 15 is 0 Å². The van der Waals surface area contributed by atoms with Crippen molar-refractivity contribution in [2.45, 2.75) is 132 Å². The Morgan fingerprint density at radius 3 is 0.865 bits per heavy atom. The number of Topliss-reactive ketones (excluding diaryl/α,β-unsaturated/α-hetero) is 6. The van der Waals surface area contributed by atoms with Crippen LogP contribution in [0.5, 0.6) is 0 Å². The van der Waals surface area contributed by atoms with Gasteiger partial charge in [-0.15, -0.1) is 45.3 Å². The Morgan fingerprint density at radius 1 is 0.389 bits per heavy atom. The van der Waals surface area contributed by atoms with Crippen LogP contribution in [0.2, 0.25) is 0 Å². The second-order valence-electron chi connectivity index (χ2n) is 32.3. The lowest BCUT2D eigenvalue weighted by atomic mass is 9.76. The minimum atomic E-state index is -4.00. The highest BCUT2D eigenvalue weighted by Crippen LogP contribution is 2.59. The van der Waals surface area contributed by atoms with Crippen molar-refractivity contribution in [1.82, 2.24) is 0 Å². The summed E-state index contributed by atoms with van der Waals surface area (Å²) in [7, 11) is 0. The van der Waals surface area contributed by atoms with Crippen molar-refractivity contribution in [1.29, 1.82) is 10.5 Å².